The summed E-state index contributed by atoms with van der Waals surface area (Å²) in [6.07, 6.45) is 7.84. The zero-order valence-electron chi connectivity index (χ0n) is 21.4. The lowest BCUT2D eigenvalue weighted by Gasteiger charge is -2.26. The maximum atomic E-state index is 13.6. The third kappa shape index (κ3) is 6.87. The summed E-state index contributed by atoms with van der Waals surface area (Å²) in [5, 5.41) is 15.1. The van der Waals surface area contributed by atoms with Crippen molar-refractivity contribution in [3.63, 3.8) is 0 Å². The molecule has 0 spiro atoms. The fourth-order valence-electron chi connectivity index (χ4n) is 4.91. The molecule has 0 aromatic heterocycles. The van der Waals surface area contributed by atoms with Crippen LogP contribution in [0.3, 0.4) is 0 Å². The minimum atomic E-state index is -0.903. The van der Waals surface area contributed by atoms with Gasteiger partial charge in [-0.2, -0.15) is 0 Å². The molecule has 3 nitrogen and oxygen atoms in total. The van der Waals surface area contributed by atoms with Crippen molar-refractivity contribution in [2.45, 2.75) is 65.0 Å². The van der Waals surface area contributed by atoms with Gasteiger partial charge in [0.15, 0.2) is 0 Å². The van der Waals surface area contributed by atoms with Gasteiger partial charge in [-0.3, -0.25) is 4.79 Å². The second kappa shape index (κ2) is 11.5. The van der Waals surface area contributed by atoms with E-state index >= 15 is 0 Å². The molecule has 1 amide bonds. The lowest BCUT2D eigenvalue weighted by Crippen LogP contribution is -2.41. The average Bonchev–Trinajstić information content (AvgIpc) is 3.09. The molecule has 2 unspecified atom stereocenters. The minimum absolute atomic E-state index is 0.172. The second-order valence-electron chi connectivity index (χ2n) is 11.0. The van der Waals surface area contributed by atoms with Gasteiger partial charge < -0.3 is 10.4 Å². The number of carbonyl (C=O) groups excluding carboxylic acids is 1. The van der Waals surface area contributed by atoms with Crippen LogP contribution in [0.4, 0.5) is 0 Å². The van der Waals surface area contributed by atoms with E-state index in [0.29, 0.717) is 22.6 Å². The van der Waals surface area contributed by atoms with Crippen molar-refractivity contribution in [2.24, 2.45) is 5.41 Å². The molecule has 0 radical (unpaired) electrons. The van der Waals surface area contributed by atoms with E-state index in [4.69, 9.17) is 11.6 Å². The zero-order valence-corrected chi connectivity index (χ0v) is 22.2. The maximum absolute atomic E-state index is 13.6. The number of halogens is 1. The summed E-state index contributed by atoms with van der Waals surface area (Å²) < 4.78 is 0. The molecule has 0 aliphatic heterocycles. The van der Waals surface area contributed by atoms with E-state index in [0.717, 1.165) is 36.8 Å². The number of aryl methyl sites for hydroxylation is 1. The fourth-order valence-corrected chi connectivity index (χ4v) is 5.11. The van der Waals surface area contributed by atoms with Gasteiger partial charge >= 0.3 is 0 Å². The topological polar surface area (TPSA) is 49.3 Å². The van der Waals surface area contributed by atoms with E-state index in [1.165, 1.54) is 11.1 Å². The third-order valence-electron chi connectivity index (χ3n) is 6.64. The highest BCUT2D eigenvalue weighted by Crippen LogP contribution is 2.26. The van der Waals surface area contributed by atoms with Gasteiger partial charge in [-0.25, -0.2) is 0 Å². The number of aliphatic hydroxyl groups excluding tert-OH is 1. The summed E-state index contributed by atoms with van der Waals surface area (Å²) in [6.45, 7) is 6.69. The number of hydrogen-bond donors (Lipinski definition) is 2. The largest absolute Gasteiger partial charge is 0.386 e. The first-order valence-electron chi connectivity index (χ1n) is 12.8. The molecule has 36 heavy (non-hydrogen) atoms. The van der Waals surface area contributed by atoms with E-state index < -0.39 is 12.1 Å². The van der Waals surface area contributed by atoms with Crippen LogP contribution < -0.4 is 5.32 Å². The molecule has 0 fully saturated rings. The number of carbonyl (C=O) groups is 1. The van der Waals surface area contributed by atoms with Gasteiger partial charge in [-0.05, 0) is 83.5 Å². The summed E-state index contributed by atoms with van der Waals surface area (Å²) in [5.74, 6) is -0.172. The molecule has 0 heterocycles. The van der Waals surface area contributed by atoms with Crippen LogP contribution in [-0.2, 0) is 19.3 Å². The standard InChI is InChI=1S/C32H36ClNO2/c1-32(2,3)21-23-17-15-22(16-18-23)19-29(30(35)25-11-7-12-26(33)20-25)34-31(36)28-14-8-10-24-9-5-4-6-13-27(24)28/h6-8,10-18,20,29-30,35H,4-5,9,19,21H2,1-3H3,(H,34,36). The first-order chi connectivity index (χ1) is 17.2. The summed E-state index contributed by atoms with van der Waals surface area (Å²) in [6, 6.07) is 21.1. The van der Waals surface area contributed by atoms with Crippen LogP contribution in [0.1, 0.15) is 77.9 Å². The van der Waals surface area contributed by atoms with Crippen molar-refractivity contribution in [1.29, 1.82) is 0 Å². The van der Waals surface area contributed by atoms with E-state index in [9.17, 15) is 9.90 Å². The number of fused-ring (bicyclic) bond motifs is 1. The Morgan fingerprint density at radius 1 is 1.03 bits per heavy atom. The van der Waals surface area contributed by atoms with Crippen LogP contribution in [0.15, 0.2) is 72.8 Å². The van der Waals surface area contributed by atoms with E-state index in [-0.39, 0.29) is 11.3 Å². The van der Waals surface area contributed by atoms with Crippen molar-refractivity contribution in [1.82, 2.24) is 5.32 Å². The van der Waals surface area contributed by atoms with E-state index in [2.05, 4.69) is 68.6 Å². The zero-order chi connectivity index (χ0) is 25.7. The predicted octanol–water partition coefficient (Wildman–Crippen LogP) is 7.35. The van der Waals surface area contributed by atoms with Crippen molar-refractivity contribution < 1.29 is 9.90 Å². The predicted molar refractivity (Wildman–Crippen MR) is 149 cm³/mol. The molecule has 1 aliphatic carbocycles. The molecular weight excluding hydrogens is 466 g/mol. The van der Waals surface area contributed by atoms with Gasteiger partial charge in [-0.15, -0.1) is 0 Å². The Morgan fingerprint density at radius 3 is 2.47 bits per heavy atom. The lowest BCUT2D eigenvalue weighted by atomic mass is 9.87. The van der Waals surface area contributed by atoms with Crippen molar-refractivity contribution in [3.05, 3.63) is 111 Å². The number of aliphatic hydroxyl groups is 1. The summed E-state index contributed by atoms with van der Waals surface area (Å²) >= 11 is 6.21. The van der Waals surface area contributed by atoms with Gasteiger partial charge in [0.2, 0.25) is 0 Å². The van der Waals surface area contributed by atoms with Crippen molar-refractivity contribution in [2.75, 3.05) is 0 Å². The third-order valence-corrected chi connectivity index (χ3v) is 6.88. The molecule has 2 atom stereocenters. The van der Waals surface area contributed by atoms with Gasteiger partial charge in [0.05, 0.1) is 12.1 Å². The highest BCUT2D eigenvalue weighted by atomic mass is 35.5. The normalized spacial score (nSPS) is 15.0. The molecule has 0 bridgehead atoms. The quantitative estimate of drug-likeness (QED) is 0.355. The molecule has 4 rings (SSSR count). The summed E-state index contributed by atoms with van der Waals surface area (Å²) in [5.41, 5.74) is 6.06. The molecule has 4 heteroatoms. The second-order valence-corrected chi connectivity index (χ2v) is 11.4. The number of rotatable bonds is 7. The van der Waals surface area contributed by atoms with Gasteiger partial charge in [0, 0.05) is 10.6 Å². The van der Waals surface area contributed by atoms with Crippen LogP contribution >= 0.6 is 11.6 Å². The average molecular weight is 502 g/mol. The van der Waals surface area contributed by atoms with Gasteiger partial charge in [0.25, 0.3) is 5.91 Å². The number of nitrogens with one attached hydrogen (secondary N) is 1. The molecule has 0 saturated carbocycles. The Labute approximate surface area is 220 Å². The Balaban J connectivity index is 1.61. The van der Waals surface area contributed by atoms with Gasteiger partial charge in [0.1, 0.15) is 0 Å². The van der Waals surface area contributed by atoms with Crippen LogP contribution in [0.2, 0.25) is 5.02 Å². The SMILES string of the molecule is CC(C)(C)Cc1ccc(CC(NC(=O)c2cccc3c2C=CCCC3)C(O)c2cccc(Cl)c2)cc1. The summed E-state index contributed by atoms with van der Waals surface area (Å²) in [7, 11) is 0. The number of hydrogen-bond acceptors (Lipinski definition) is 2. The molecule has 0 saturated heterocycles. The molecule has 188 valence electrons. The van der Waals surface area contributed by atoms with Crippen LogP contribution in [0, 0.1) is 5.41 Å². The Hall–Kier alpha value is -2.88. The molecular formula is C32H36ClNO2. The number of amides is 1. The van der Waals surface area contributed by atoms with Crippen molar-refractivity contribution >= 4 is 23.6 Å². The van der Waals surface area contributed by atoms with Crippen molar-refractivity contribution in [3.8, 4) is 0 Å². The van der Waals surface area contributed by atoms with Gasteiger partial charge in [-0.1, -0.05) is 93.1 Å². The Kier molecular flexibility index (Phi) is 8.33. The molecule has 2 N–H and O–H groups in total. The van der Waals surface area contributed by atoms with E-state index in [1.54, 1.807) is 12.1 Å². The first-order valence-corrected chi connectivity index (χ1v) is 13.2. The first kappa shape index (κ1) is 26.2. The highest BCUT2D eigenvalue weighted by Gasteiger charge is 2.25. The Bertz CT molecular complexity index is 1220. The lowest BCUT2D eigenvalue weighted by molar-refractivity contribution is 0.0832. The number of benzene rings is 3. The summed E-state index contributed by atoms with van der Waals surface area (Å²) in [4.78, 5) is 13.6. The molecule has 3 aromatic carbocycles. The smallest absolute Gasteiger partial charge is 0.252 e. The molecule has 1 aliphatic rings. The minimum Gasteiger partial charge on any atom is -0.386 e. The number of allylic oxidation sites excluding steroid dienone is 1. The highest BCUT2D eigenvalue weighted by molar-refractivity contribution is 6.30. The monoisotopic (exact) mass is 501 g/mol. The van der Waals surface area contributed by atoms with E-state index in [1.807, 2.05) is 24.3 Å². The molecule has 3 aromatic rings. The van der Waals surface area contributed by atoms with Crippen LogP contribution in [-0.4, -0.2) is 17.1 Å². The Morgan fingerprint density at radius 2 is 1.75 bits per heavy atom. The maximum Gasteiger partial charge on any atom is 0.252 e. The van der Waals surface area contributed by atoms with Crippen LogP contribution in [0.25, 0.3) is 6.08 Å². The fraction of sp³-hybridized carbons (Fsp3) is 0.344. The van der Waals surface area contributed by atoms with Crippen LogP contribution in [0.5, 0.6) is 0 Å².